The molecular formula is C14H21FN2O2. The number of alkyl carbamates (subject to hydrolysis) is 1. The van der Waals surface area contributed by atoms with Crippen molar-refractivity contribution in [2.45, 2.75) is 32.4 Å². The van der Waals surface area contributed by atoms with Crippen molar-refractivity contribution in [2.75, 3.05) is 13.6 Å². The lowest BCUT2D eigenvalue weighted by molar-refractivity contribution is 0.0522. The Hall–Kier alpha value is -1.62. The lowest BCUT2D eigenvalue weighted by atomic mass is 10.1. The largest absolute Gasteiger partial charge is 0.444 e. The van der Waals surface area contributed by atoms with E-state index in [0.29, 0.717) is 5.56 Å². The molecule has 1 atom stereocenters. The van der Waals surface area contributed by atoms with E-state index in [2.05, 4.69) is 10.6 Å². The van der Waals surface area contributed by atoms with Crippen molar-refractivity contribution in [1.82, 2.24) is 10.6 Å². The van der Waals surface area contributed by atoms with Crippen LogP contribution < -0.4 is 10.6 Å². The molecule has 1 amide bonds. The average molecular weight is 268 g/mol. The number of nitrogens with one attached hydrogen (secondary N) is 2. The third kappa shape index (κ3) is 5.26. The van der Waals surface area contributed by atoms with E-state index in [1.165, 1.54) is 6.07 Å². The van der Waals surface area contributed by atoms with Crippen LogP contribution in [0.3, 0.4) is 0 Å². The molecule has 0 aliphatic carbocycles. The Bertz CT molecular complexity index is 430. The highest BCUT2D eigenvalue weighted by molar-refractivity contribution is 5.67. The Kier molecular flexibility index (Phi) is 5.30. The number of benzene rings is 1. The number of hydrogen-bond acceptors (Lipinski definition) is 3. The molecule has 0 radical (unpaired) electrons. The first-order valence-corrected chi connectivity index (χ1v) is 6.22. The third-order valence-corrected chi connectivity index (χ3v) is 2.48. The highest BCUT2D eigenvalue weighted by atomic mass is 19.1. The molecule has 2 N–H and O–H groups in total. The summed E-state index contributed by atoms with van der Waals surface area (Å²) >= 11 is 0. The molecule has 1 unspecified atom stereocenters. The van der Waals surface area contributed by atoms with Gasteiger partial charge >= 0.3 is 6.09 Å². The number of amides is 1. The van der Waals surface area contributed by atoms with Crippen molar-refractivity contribution >= 4 is 6.09 Å². The fraction of sp³-hybridized carbons (Fsp3) is 0.500. The van der Waals surface area contributed by atoms with Crippen LogP contribution in [0.1, 0.15) is 32.4 Å². The Labute approximate surface area is 113 Å². The zero-order chi connectivity index (χ0) is 14.5. The summed E-state index contributed by atoms with van der Waals surface area (Å²) in [7, 11) is 1.72. The predicted molar refractivity (Wildman–Crippen MR) is 72.4 cm³/mol. The molecule has 0 aliphatic heterocycles. The van der Waals surface area contributed by atoms with E-state index in [0.717, 1.165) is 0 Å². The van der Waals surface area contributed by atoms with Crippen molar-refractivity contribution in [3.8, 4) is 0 Å². The average Bonchev–Trinajstić information content (AvgIpc) is 2.29. The first-order valence-electron chi connectivity index (χ1n) is 6.22. The second-order valence-electron chi connectivity index (χ2n) is 5.25. The zero-order valence-electron chi connectivity index (χ0n) is 11.8. The molecule has 0 heterocycles. The number of hydrogen-bond donors (Lipinski definition) is 2. The standard InChI is InChI=1S/C14H21FN2O2/c1-14(2,3)19-13(18)17-9-12(16-4)10-7-5-6-8-11(10)15/h5-8,12,16H,9H2,1-4H3,(H,17,18). The molecule has 0 saturated heterocycles. The van der Waals surface area contributed by atoms with Crippen molar-refractivity contribution in [3.63, 3.8) is 0 Å². The van der Waals surface area contributed by atoms with Crippen LogP contribution in [0.25, 0.3) is 0 Å². The summed E-state index contributed by atoms with van der Waals surface area (Å²) in [4.78, 5) is 11.5. The van der Waals surface area contributed by atoms with Gasteiger partial charge < -0.3 is 15.4 Å². The normalized spacial score (nSPS) is 12.9. The van der Waals surface area contributed by atoms with E-state index >= 15 is 0 Å². The molecule has 0 aliphatic rings. The first kappa shape index (κ1) is 15.4. The van der Waals surface area contributed by atoms with Gasteiger partial charge in [0.1, 0.15) is 11.4 Å². The molecule has 0 fully saturated rings. The smallest absolute Gasteiger partial charge is 0.407 e. The van der Waals surface area contributed by atoms with E-state index in [-0.39, 0.29) is 18.4 Å². The van der Waals surface area contributed by atoms with E-state index in [1.54, 1.807) is 46.0 Å². The van der Waals surface area contributed by atoms with Gasteiger partial charge in [-0.05, 0) is 33.9 Å². The molecule has 1 aromatic carbocycles. The number of ether oxygens (including phenoxy) is 1. The molecular weight excluding hydrogens is 247 g/mol. The van der Waals surface area contributed by atoms with Crippen LogP contribution in [-0.4, -0.2) is 25.3 Å². The van der Waals surface area contributed by atoms with Crippen molar-refractivity contribution < 1.29 is 13.9 Å². The van der Waals surface area contributed by atoms with Crippen molar-refractivity contribution in [3.05, 3.63) is 35.6 Å². The van der Waals surface area contributed by atoms with Gasteiger partial charge in [0, 0.05) is 12.1 Å². The number of rotatable bonds is 4. The molecule has 1 rings (SSSR count). The van der Waals surface area contributed by atoms with Crippen LogP contribution >= 0.6 is 0 Å². The summed E-state index contributed by atoms with van der Waals surface area (Å²) in [6, 6.07) is 6.18. The topological polar surface area (TPSA) is 50.4 Å². The van der Waals surface area contributed by atoms with Gasteiger partial charge in [-0.25, -0.2) is 9.18 Å². The third-order valence-electron chi connectivity index (χ3n) is 2.48. The van der Waals surface area contributed by atoms with E-state index in [9.17, 15) is 9.18 Å². The summed E-state index contributed by atoms with van der Waals surface area (Å²) in [5.41, 5.74) is -0.0296. The van der Waals surface area contributed by atoms with Gasteiger partial charge in [-0.1, -0.05) is 18.2 Å². The fourth-order valence-electron chi connectivity index (χ4n) is 1.62. The van der Waals surface area contributed by atoms with E-state index in [1.807, 2.05) is 0 Å². The second kappa shape index (κ2) is 6.52. The Morgan fingerprint density at radius 1 is 1.37 bits per heavy atom. The van der Waals surface area contributed by atoms with Crippen LogP contribution in [-0.2, 0) is 4.74 Å². The number of likely N-dealkylation sites (N-methyl/N-ethyl adjacent to an activating group) is 1. The minimum Gasteiger partial charge on any atom is -0.444 e. The lowest BCUT2D eigenvalue weighted by Gasteiger charge is -2.22. The van der Waals surface area contributed by atoms with E-state index in [4.69, 9.17) is 4.74 Å². The van der Waals surface area contributed by atoms with Gasteiger partial charge in [-0.15, -0.1) is 0 Å². The predicted octanol–water partition coefficient (Wildman–Crippen LogP) is 2.61. The quantitative estimate of drug-likeness (QED) is 0.882. The maximum atomic E-state index is 13.6. The number of halogens is 1. The minimum absolute atomic E-state index is 0.256. The molecule has 0 bridgehead atoms. The highest BCUT2D eigenvalue weighted by Crippen LogP contribution is 2.16. The summed E-state index contributed by atoms with van der Waals surface area (Å²) in [6.07, 6.45) is -0.510. The SMILES string of the molecule is CNC(CNC(=O)OC(C)(C)C)c1ccccc1F. The van der Waals surface area contributed by atoms with Crippen molar-refractivity contribution in [1.29, 1.82) is 0 Å². The van der Waals surface area contributed by atoms with Gasteiger partial charge in [0.2, 0.25) is 0 Å². The van der Waals surface area contributed by atoms with Crippen LogP contribution in [0.4, 0.5) is 9.18 Å². The summed E-state index contributed by atoms with van der Waals surface area (Å²) in [5, 5.41) is 5.59. The molecule has 4 nitrogen and oxygen atoms in total. The molecule has 19 heavy (non-hydrogen) atoms. The zero-order valence-corrected chi connectivity index (χ0v) is 11.8. The van der Waals surface area contributed by atoms with Gasteiger partial charge in [-0.2, -0.15) is 0 Å². The molecule has 0 spiro atoms. The van der Waals surface area contributed by atoms with Gasteiger partial charge in [0.05, 0.1) is 6.04 Å². The Balaban J connectivity index is 2.59. The lowest BCUT2D eigenvalue weighted by Crippen LogP contribution is -2.37. The number of carbonyl (C=O) groups is 1. The van der Waals surface area contributed by atoms with Crippen LogP contribution in [0, 0.1) is 5.82 Å². The van der Waals surface area contributed by atoms with Gasteiger partial charge in [-0.3, -0.25) is 0 Å². The molecule has 5 heteroatoms. The maximum Gasteiger partial charge on any atom is 0.407 e. The van der Waals surface area contributed by atoms with Crippen LogP contribution in [0.5, 0.6) is 0 Å². The summed E-state index contributed by atoms with van der Waals surface area (Å²) in [6.45, 7) is 5.63. The monoisotopic (exact) mass is 268 g/mol. The van der Waals surface area contributed by atoms with E-state index < -0.39 is 11.7 Å². The number of carbonyl (C=O) groups excluding carboxylic acids is 1. The fourth-order valence-corrected chi connectivity index (χ4v) is 1.62. The summed E-state index contributed by atoms with van der Waals surface area (Å²) in [5.74, 6) is -0.298. The minimum atomic E-state index is -0.544. The Morgan fingerprint density at radius 3 is 2.53 bits per heavy atom. The second-order valence-corrected chi connectivity index (χ2v) is 5.25. The molecule has 0 saturated carbocycles. The van der Waals surface area contributed by atoms with Crippen LogP contribution in [0.15, 0.2) is 24.3 Å². The molecule has 1 aromatic rings. The van der Waals surface area contributed by atoms with Crippen LogP contribution in [0.2, 0.25) is 0 Å². The van der Waals surface area contributed by atoms with Crippen molar-refractivity contribution in [2.24, 2.45) is 0 Å². The van der Waals surface area contributed by atoms with Gasteiger partial charge in [0.25, 0.3) is 0 Å². The van der Waals surface area contributed by atoms with Gasteiger partial charge in [0.15, 0.2) is 0 Å². The molecule has 106 valence electrons. The highest BCUT2D eigenvalue weighted by Gasteiger charge is 2.18. The Morgan fingerprint density at radius 2 is 2.00 bits per heavy atom. The first-order chi connectivity index (χ1) is 8.83. The molecule has 0 aromatic heterocycles. The summed E-state index contributed by atoms with van der Waals surface area (Å²) < 4.78 is 18.8. The maximum absolute atomic E-state index is 13.6.